The van der Waals surface area contributed by atoms with Crippen LogP contribution in [0.4, 0.5) is 13.2 Å². The summed E-state index contributed by atoms with van der Waals surface area (Å²) in [7, 11) is 1.35. The molecule has 0 aromatic carbocycles. The molecule has 0 saturated carbocycles. The number of hydrogen-bond donors (Lipinski definition) is 1. The Kier molecular flexibility index (Phi) is 5.36. The molecule has 19 heavy (non-hydrogen) atoms. The molecule has 9 heteroatoms. The number of halogens is 4. The first-order valence-electron chi connectivity index (χ1n) is 5.02. The van der Waals surface area contributed by atoms with Crippen LogP contribution in [0, 0.1) is 0 Å². The average Bonchev–Trinajstić information content (AvgIpc) is 2.71. The van der Waals surface area contributed by atoms with E-state index in [1.54, 1.807) is 16.8 Å². The standard InChI is InChI=1S/C10H10BrF3N2O2S/c1-16(4-7(17)15-5-10(12,13)14)9(18)8-6(11)2-3-19-8/h2-3H,4-5H2,1H3,(H,15,17). The Bertz CT molecular complexity index is 476. The second-order valence-electron chi connectivity index (χ2n) is 3.65. The van der Waals surface area contributed by atoms with E-state index in [4.69, 9.17) is 0 Å². The highest BCUT2D eigenvalue weighted by Gasteiger charge is 2.28. The summed E-state index contributed by atoms with van der Waals surface area (Å²) in [5.41, 5.74) is 0. The van der Waals surface area contributed by atoms with E-state index in [9.17, 15) is 22.8 Å². The number of nitrogens with one attached hydrogen (secondary N) is 1. The van der Waals surface area contributed by atoms with Crippen LogP contribution >= 0.6 is 27.3 Å². The van der Waals surface area contributed by atoms with E-state index >= 15 is 0 Å². The van der Waals surface area contributed by atoms with E-state index in [1.165, 1.54) is 18.4 Å². The fourth-order valence-corrected chi connectivity index (χ4v) is 2.70. The van der Waals surface area contributed by atoms with Crippen molar-refractivity contribution in [2.24, 2.45) is 0 Å². The highest BCUT2D eigenvalue weighted by Crippen LogP contribution is 2.23. The summed E-state index contributed by atoms with van der Waals surface area (Å²) in [5.74, 6) is -1.29. The van der Waals surface area contributed by atoms with E-state index in [2.05, 4.69) is 15.9 Å². The van der Waals surface area contributed by atoms with Gasteiger partial charge in [-0.1, -0.05) is 0 Å². The summed E-state index contributed by atoms with van der Waals surface area (Å²) in [6.07, 6.45) is -4.46. The number of alkyl halides is 3. The van der Waals surface area contributed by atoms with Gasteiger partial charge in [-0.05, 0) is 27.4 Å². The van der Waals surface area contributed by atoms with Crippen molar-refractivity contribution >= 4 is 39.1 Å². The van der Waals surface area contributed by atoms with Crippen LogP contribution in [0.3, 0.4) is 0 Å². The van der Waals surface area contributed by atoms with E-state index in [0.29, 0.717) is 9.35 Å². The highest BCUT2D eigenvalue weighted by atomic mass is 79.9. The summed E-state index contributed by atoms with van der Waals surface area (Å²) in [4.78, 5) is 24.6. The Morgan fingerprint density at radius 3 is 2.58 bits per heavy atom. The SMILES string of the molecule is CN(CC(=O)NCC(F)(F)F)C(=O)c1sccc1Br. The normalized spacial score (nSPS) is 11.2. The topological polar surface area (TPSA) is 49.4 Å². The zero-order valence-corrected chi connectivity index (χ0v) is 12.2. The molecule has 1 aromatic rings. The first-order valence-corrected chi connectivity index (χ1v) is 6.70. The number of carbonyl (C=O) groups excluding carboxylic acids is 2. The monoisotopic (exact) mass is 358 g/mol. The van der Waals surface area contributed by atoms with Crippen molar-refractivity contribution in [3.63, 3.8) is 0 Å². The minimum atomic E-state index is -4.46. The van der Waals surface area contributed by atoms with Crippen molar-refractivity contribution in [3.8, 4) is 0 Å². The molecule has 1 rings (SSSR count). The molecule has 0 fully saturated rings. The average molecular weight is 359 g/mol. The minimum absolute atomic E-state index is 0.395. The number of carbonyl (C=O) groups is 2. The Morgan fingerprint density at radius 1 is 1.47 bits per heavy atom. The Balaban J connectivity index is 2.51. The molecular weight excluding hydrogens is 349 g/mol. The van der Waals surface area contributed by atoms with Gasteiger partial charge in [-0.15, -0.1) is 11.3 Å². The van der Waals surface area contributed by atoms with Crippen LogP contribution in [0.1, 0.15) is 9.67 Å². The maximum atomic E-state index is 11.9. The maximum Gasteiger partial charge on any atom is 0.405 e. The maximum absolute atomic E-state index is 11.9. The summed E-state index contributed by atoms with van der Waals surface area (Å²) in [6.45, 7) is -1.84. The van der Waals surface area contributed by atoms with Gasteiger partial charge in [0.1, 0.15) is 11.4 Å². The largest absolute Gasteiger partial charge is 0.405 e. The number of hydrogen-bond acceptors (Lipinski definition) is 3. The number of amides is 2. The highest BCUT2D eigenvalue weighted by molar-refractivity contribution is 9.10. The van der Waals surface area contributed by atoms with E-state index in [-0.39, 0.29) is 0 Å². The van der Waals surface area contributed by atoms with Crippen LogP contribution in [-0.2, 0) is 4.79 Å². The molecule has 0 atom stereocenters. The summed E-state index contributed by atoms with van der Waals surface area (Å²) < 4.78 is 36.3. The van der Waals surface area contributed by atoms with Crippen molar-refractivity contribution in [3.05, 3.63) is 20.8 Å². The molecule has 1 heterocycles. The molecular formula is C10H10BrF3N2O2S. The zero-order chi connectivity index (χ0) is 14.6. The lowest BCUT2D eigenvalue weighted by molar-refractivity contribution is -0.138. The molecule has 1 N–H and O–H groups in total. The number of likely N-dealkylation sites (N-methyl/N-ethyl adjacent to an activating group) is 1. The van der Waals surface area contributed by atoms with Crippen LogP contribution in [0.2, 0.25) is 0 Å². The molecule has 0 aliphatic heterocycles. The van der Waals surface area contributed by atoms with E-state index in [1.807, 2.05) is 0 Å². The zero-order valence-electron chi connectivity index (χ0n) is 9.75. The quantitative estimate of drug-likeness (QED) is 0.897. The molecule has 2 amide bonds. The molecule has 4 nitrogen and oxygen atoms in total. The van der Waals surface area contributed by atoms with Gasteiger partial charge < -0.3 is 10.2 Å². The second kappa shape index (κ2) is 6.38. The van der Waals surface area contributed by atoms with Crippen molar-refractivity contribution < 1.29 is 22.8 Å². The molecule has 0 bridgehead atoms. The molecule has 0 aliphatic rings. The van der Waals surface area contributed by atoms with Gasteiger partial charge in [0, 0.05) is 11.5 Å². The predicted molar refractivity (Wildman–Crippen MR) is 68.0 cm³/mol. The van der Waals surface area contributed by atoms with Crippen LogP contribution < -0.4 is 5.32 Å². The summed E-state index contributed by atoms with van der Waals surface area (Å²) in [6, 6.07) is 1.68. The van der Waals surface area contributed by atoms with Crippen LogP contribution in [0.15, 0.2) is 15.9 Å². The van der Waals surface area contributed by atoms with E-state index < -0.39 is 31.1 Å². The van der Waals surface area contributed by atoms with Crippen molar-refractivity contribution in [1.29, 1.82) is 0 Å². The fraction of sp³-hybridized carbons (Fsp3) is 0.400. The lowest BCUT2D eigenvalue weighted by Crippen LogP contribution is -2.41. The third kappa shape index (κ3) is 5.19. The van der Waals surface area contributed by atoms with Gasteiger partial charge in [-0.2, -0.15) is 13.2 Å². The lowest BCUT2D eigenvalue weighted by Gasteiger charge is -2.16. The van der Waals surface area contributed by atoms with Crippen LogP contribution in [0.25, 0.3) is 0 Å². The van der Waals surface area contributed by atoms with Gasteiger partial charge in [0.2, 0.25) is 5.91 Å². The van der Waals surface area contributed by atoms with Gasteiger partial charge in [0.15, 0.2) is 0 Å². The summed E-state index contributed by atoms with van der Waals surface area (Å²) >= 11 is 4.35. The third-order valence-corrected chi connectivity index (χ3v) is 3.85. The molecule has 0 unspecified atom stereocenters. The van der Waals surface area contributed by atoms with Gasteiger partial charge in [-0.25, -0.2) is 0 Å². The van der Waals surface area contributed by atoms with Crippen molar-refractivity contribution in [2.75, 3.05) is 20.1 Å². The number of rotatable bonds is 4. The Morgan fingerprint density at radius 2 is 2.11 bits per heavy atom. The molecule has 106 valence electrons. The van der Waals surface area contributed by atoms with Crippen LogP contribution in [-0.4, -0.2) is 43.0 Å². The van der Waals surface area contributed by atoms with Crippen LogP contribution in [0.5, 0.6) is 0 Å². The molecule has 0 aliphatic carbocycles. The fourth-order valence-electron chi connectivity index (χ4n) is 1.16. The first-order chi connectivity index (χ1) is 8.70. The Labute approximate surface area is 119 Å². The van der Waals surface area contributed by atoms with Crippen molar-refractivity contribution in [1.82, 2.24) is 10.2 Å². The third-order valence-electron chi connectivity index (χ3n) is 2.02. The van der Waals surface area contributed by atoms with Gasteiger partial charge in [0.05, 0.1) is 6.54 Å². The molecule has 0 spiro atoms. The minimum Gasteiger partial charge on any atom is -0.345 e. The number of thiophene rings is 1. The second-order valence-corrected chi connectivity index (χ2v) is 5.42. The molecule has 1 aromatic heterocycles. The Hall–Kier alpha value is -1.09. The van der Waals surface area contributed by atoms with Gasteiger partial charge in [-0.3, -0.25) is 9.59 Å². The van der Waals surface area contributed by atoms with Crippen molar-refractivity contribution in [2.45, 2.75) is 6.18 Å². The first kappa shape index (κ1) is 16.0. The van der Waals surface area contributed by atoms with E-state index in [0.717, 1.165) is 4.90 Å². The number of nitrogens with zero attached hydrogens (tertiary/aromatic N) is 1. The molecule has 0 radical (unpaired) electrons. The summed E-state index contributed by atoms with van der Waals surface area (Å²) in [5, 5.41) is 3.39. The van der Waals surface area contributed by atoms with Gasteiger partial charge in [0.25, 0.3) is 5.91 Å². The predicted octanol–water partition coefficient (Wildman–Crippen LogP) is 2.26. The smallest absolute Gasteiger partial charge is 0.345 e. The van der Waals surface area contributed by atoms with Gasteiger partial charge >= 0.3 is 6.18 Å². The molecule has 0 saturated heterocycles. The lowest BCUT2D eigenvalue weighted by atomic mass is 10.4.